The number of sulfonamides is 1. The Balaban J connectivity index is 2.09. The minimum Gasteiger partial charge on any atom is -0.324 e. The molecular weight excluding hydrogens is 312 g/mol. The molecule has 0 aliphatic heterocycles. The van der Waals surface area contributed by atoms with Gasteiger partial charge in [0.05, 0.1) is 10.9 Å². The summed E-state index contributed by atoms with van der Waals surface area (Å²) in [5.41, 5.74) is 1.70. The highest BCUT2D eigenvalue weighted by Crippen LogP contribution is 2.16. The van der Waals surface area contributed by atoms with Gasteiger partial charge in [0.25, 0.3) is 0 Å². The molecule has 0 spiro atoms. The van der Waals surface area contributed by atoms with Crippen molar-refractivity contribution in [3.63, 3.8) is 0 Å². The first kappa shape index (κ1) is 17.2. The lowest BCUT2D eigenvalue weighted by molar-refractivity contribution is -0.117. The van der Waals surface area contributed by atoms with Crippen LogP contribution < -0.4 is 10.0 Å². The number of nitrogens with one attached hydrogen (secondary N) is 2. The third-order valence-corrected chi connectivity index (χ3v) is 4.99. The van der Waals surface area contributed by atoms with Gasteiger partial charge in [-0.1, -0.05) is 43.3 Å². The van der Waals surface area contributed by atoms with Crippen LogP contribution >= 0.6 is 0 Å². The molecule has 0 bridgehead atoms. The maximum absolute atomic E-state index is 12.3. The fourth-order valence-corrected chi connectivity index (χ4v) is 3.37. The average Bonchev–Trinajstić information content (AvgIpc) is 2.55. The van der Waals surface area contributed by atoms with E-state index in [4.69, 9.17) is 0 Å². The molecule has 5 nitrogen and oxygen atoms in total. The first-order valence-electron chi connectivity index (χ1n) is 7.40. The number of anilines is 1. The number of amides is 1. The Bertz CT molecular complexity index is 773. The number of hydrogen-bond donors (Lipinski definition) is 2. The van der Waals surface area contributed by atoms with Gasteiger partial charge in [0.2, 0.25) is 15.9 Å². The number of carbonyl (C=O) groups is 1. The number of para-hydroxylation sites is 1. The number of aryl methyl sites for hydroxylation is 1. The predicted molar refractivity (Wildman–Crippen MR) is 90.7 cm³/mol. The van der Waals surface area contributed by atoms with Gasteiger partial charge in [-0.2, -0.15) is 4.72 Å². The molecule has 2 aromatic rings. The second-order valence-electron chi connectivity index (χ2n) is 5.16. The van der Waals surface area contributed by atoms with Crippen molar-refractivity contribution < 1.29 is 13.2 Å². The Morgan fingerprint density at radius 2 is 1.65 bits per heavy atom. The van der Waals surface area contributed by atoms with Crippen molar-refractivity contribution in [1.29, 1.82) is 0 Å². The molecule has 2 rings (SSSR count). The summed E-state index contributed by atoms with van der Waals surface area (Å²) in [5.74, 6) is -0.398. The Morgan fingerprint density at radius 1 is 1.04 bits per heavy atom. The molecule has 0 unspecified atom stereocenters. The van der Waals surface area contributed by atoms with Gasteiger partial charge in [-0.05, 0) is 37.1 Å². The minimum atomic E-state index is -3.72. The third kappa shape index (κ3) is 4.40. The summed E-state index contributed by atoms with van der Waals surface area (Å²) in [6.45, 7) is 3.51. The molecule has 0 saturated heterocycles. The quantitative estimate of drug-likeness (QED) is 0.853. The van der Waals surface area contributed by atoms with Crippen LogP contribution in [0.15, 0.2) is 59.5 Å². The van der Waals surface area contributed by atoms with Crippen molar-refractivity contribution in [2.75, 3.05) is 5.32 Å². The smallest absolute Gasteiger partial charge is 0.242 e. The van der Waals surface area contributed by atoms with E-state index in [-0.39, 0.29) is 4.90 Å². The molecule has 122 valence electrons. The summed E-state index contributed by atoms with van der Waals surface area (Å²) in [7, 11) is -3.72. The molecule has 0 fully saturated rings. The highest BCUT2D eigenvalue weighted by atomic mass is 32.2. The largest absolute Gasteiger partial charge is 0.324 e. The van der Waals surface area contributed by atoms with Crippen LogP contribution in [0.3, 0.4) is 0 Å². The van der Waals surface area contributed by atoms with Crippen LogP contribution in [0.4, 0.5) is 5.69 Å². The number of hydrogen-bond acceptors (Lipinski definition) is 3. The topological polar surface area (TPSA) is 75.3 Å². The molecule has 2 aromatic carbocycles. The Hall–Kier alpha value is -2.18. The molecule has 23 heavy (non-hydrogen) atoms. The Morgan fingerprint density at radius 3 is 2.30 bits per heavy atom. The monoisotopic (exact) mass is 332 g/mol. The maximum Gasteiger partial charge on any atom is 0.242 e. The van der Waals surface area contributed by atoms with Crippen molar-refractivity contribution in [1.82, 2.24) is 4.72 Å². The van der Waals surface area contributed by atoms with Gasteiger partial charge in [0, 0.05) is 5.69 Å². The van der Waals surface area contributed by atoms with E-state index in [9.17, 15) is 13.2 Å². The van der Waals surface area contributed by atoms with Crippen LogP contribution in [0.2, 0.25) is 0 Å². The molecule has 1 atom stereocenters. The maximum atomic E-state index is 12.3. The lowest BCUT2D eigenvalue weighted by atomic mass is 10.1. The van der Waals surface area contributed by atoms with E-state index < -0.39 is 22.0 Å². The Labute approximate surface area is 136 Å². The minimum absolute atomic E-state index is 0.133. The zero-order valence-electron chi connectivity index (χ0n) is 13.1. The van der Waals surface area contributed by atoms with Crippen LogP contribution in [0.25, 0.3) is 0 Å². The van der Waals surface area contributed by atoms with Crippen molar-refractivity contribution in [2.24, 2.45) is 0 Å². The molecule has 0 aromatic heterocycles. The van der Waals surface area contributed by atoms with Crippen LogP contribution in [-0.2, 0) is 21.2 Å². The number of rotatable bonds is 6. The lowest BCUT2D eigenvalue weighted by Gasteiger charge is -2.16. The van der Waals surface area contributed by atoms with Crippen molar-refractivity contribution >= 4 is 21.6 Å². The lowest BCUT2D eigenvalue weighted by Crippen LogP contribution is -2.41. The standard InChI is InChI=1S/C17H20N2O3S/c1-3-14-9-7-8-12-16(14)18-17(20)13(2)19-23(21,22)15-10-5-4-6-11-15/h4-13,19H,3H2,1-2H3,(H,18,20)/t13-/m0/s1. The SMILES string of the molecule is CCc1ccccc1NC(=O)[C@H](C)NS(=O)(=O)c1ccccc1. The van der Waals surface area contributed by atoms with E-state index in [1.165, 1.54) is 19.1 Å². The molecule has 0 radical (unpaired) electrons. The first-order chi connectivity index (χ1) is 10.9. The molecule has 0 aliphatic carbocycles. The average molecular weight is 332 g/mol. The van der Waals surface area contributed by atoms with Crippen LogP contribution in [0.1, 0.15) is 19.4 Å². The van der Waals surface area contributed by atoms with Gasteiger partial charge in [0.1, 0.15) is 0 Å². The summed E-state index contributed by atoms with van der Waals surface area (Å²) in [6.07, 6.45) is 0.778. The summed E-state index contributed by atoms with van der Waals surface area (Å²) in [6, 6.07) is 14.5. The van der Waals surface area contributed by atoms with Gasteiger partial charge in [-0.15, -0.1) is 0 Å². The van der Waals surface area contributed by atoms with E-state index >= 15 is 0 Å². The predicted octanol–water partition coefficient (Wildman–Crippen LogP) is 2.55. The van der Waals surface area contributed by atoms with E-state index in [1.807, 2.05) is 25.1 Å². The molecule has 0 heterocycles. The van der Waals surface area contributed by atoms with E-state index in [1.54, 1.807) is 24.3 Å². The molecule has 0 aliphatic rings. The first-order valence-corrected chi connectivity index (χ1v) is 8.88. The van der Waals surface area contributed by atoms with Crippen molar-refractivity contribution in [2.45, 2.75) is 31.2 Å². The zero-order valence-corrected chi connectivity index (χ0v) is 13.9. The van der Waals surface area contributed by atoms with Crippen LogP contribution in [0.5, 0.6) is 0 Å². The number of benzene rings is 2. The van der Waals surface area contributed by atoms with Crippen LogP contribution in [-0.4, -0.2) is 20.4 Å². The van der Waals surface area contributed by atoms with Gasteiger partial charge in [0.15, 0.2) is 0 Å². The van der Waals surface area contributed by atoms with Crippen molar-refractivity contribution in [3.8, 4) is 0 Å². The van der Waals surface area contributed by atoms with Gasteiger partial charge in [-0.25, -0.2) is 8.42 Å². The van der Waals surface area contributed by atoms with Crippen LogP contribution in [0, 0.1) is 0 Å². The second-order valence-corrected chi connectivity index (χ2v) is 6.87. The van der Waals surface area contributed by atoms with E-state index in [0.29, 0.717) is 5.69 Å². The fraction of sp³-hybridized carbons (Fsp3) is 0.235. The second kappa shape index (κ2) is 7.39. The molecular formula is C17H20N2O3S. The fourth-order valence-electron chi connectivity index (χ4n) is 2.15. The molecule has 2 N–H and O–H groups in total. The normalized spacial score (nSPS) is 12.6. The van der Waals surface area contributed by atoms with E-state index in [0.717, 1.165) is 12.0 Å². The summed E-state index contributed by atoms with van der Waals surface area (Å²) < 4.78 is 26.9. The highest BCUT2D eigenvalue weighted by molar-refractivity contribution is 7.89. The van der Waals surface area contributed by atoms with Gasteiger partial charge < -0.3 is 5.32 Å². The molecule has 0 saturated carbocycles. The zero-order chi connectivity index (χ0) is 16.9. The summed E-state index contributed by atoms with van der Waals surface area (Å²) in [5, 5.41) is 2.77. The third-order valence-electron chi connectivity index (χ3n) is 3.43. The molecule has 1 amide bonds. The van der Waals surface area contributed by atoms with Crippen molar-refractivity contribution in [3.05, 3.63) is 60.2 Å². The van der Waals surface area contributed by atoms with E-state index in [2.05, 4.69) is 10.0 Å². The Kier molecular flexibility index (Phi) is 5.52. The number of carbonyl (C=O) groups excluding carboxylic acids is 1. The summed E-state index contributed by atoms with van der Waals surface area (Å²) in [4.78, 5) is 12.4. The van der Waals surface area contributed by atoms with Gasteiger partial charge in [-0.3, -0.25) is 4.79 Å². The summed E-state index contributed by atoms with van der Waals surface area (Å²) >= 11 is 0. The highest BCUT2D eigenvalue weighted by Gasteiger charge is 2.22. The van der Waals surface area contributed by atoms with Gasteiger partial charge >= 0.3 is 0 Å². The molecule has 6 heteroatoms.